The largest absolute Gasteiger partial charge is 0.477 e. The summed E-state index contributed by atoms with van der Waals surface area (Å²) in [6, 6.07) is 0.597. The summed E-state index contributed by atoms with van der Waals surface area (Å²) >= 11 is 0. The second-order valence-electron chi connectivity index (χ2n) is 4.71. The van der Waals surface area contributed by atoms with Crippen LogP contribution in [-0.2, 0) is 17.1 Å². The lowest BCUT2D eigenvalue weighted by atomic mass is 10.1. The summed E-state index contributed by atoms with van der Waals surface area (Å²) in [5.74, 6) is -1.22. The highest BCUT2D eigenvalue weighted by molar-refractivity contribution is 7.89. The number of hydrogen-bond acceptors (Lipinski definition) is 4. The quantitative estimate of drug-likeness (QED) is 0.754. The topological polar surface area (TPSA) is 117 Å². The molecule has 0 saturated heterocycles. The summed E-state index contributed by atoms with van der Waals surface area (Å²) in [4.78, 5) is 13.1. The highest BCUT2D eigenvalue weighted by Crippen LogP contribution is 2.19. The molecule has 2 aromatic rings. The molecule has 0 saturated carbocycles. The smallest absolute Gasteiger partial charge is 0.352 e. The molecule has 2 heterocycles. The van der Waals surface area contributed by atoms with Crippen LogP contribution in [0, 0.1) is 6.92 Å². The molecule has 1 unspecified atom stereocenters. The number of carboxylic acid groups (broad SMARTS) is 1. The van der Waals surface area contributed by atoms with Gasteiger partial charge in [-0.1, -0.05) is 0 Å². The van der Waals surface area contributed by atoms with E-state index in [1.54, 1.807) is 24.9 Å². The molecule has 1 atom stereocenters. The van der Waals surface area contributed by atoms with Crippen molar-refractivity contribution in [3.63, 3.8) is 0 Å². The van der Waals surface area contributed by atoms with E-state index >= 15 is 0 Å². The minimum Gasteiger partial charge on any atom is -0.477 e. The molecule has 21 heavy (non-hydrogen) atoms. The fourth-order valence-electron chi connectivity index (χ4n) is 1.96. The maximum atomic E-state index is 12.2. The molecular formula is C12H16N4O4S. The Bertz CT molecular complexity index is 775. The van der Waals surface area contributed by atoms with Gasteiger partial charge in [-0.05, 0) is 19.9 Å². The van der Waals surface area contributed by atoms with E-state index in [9.17, 15) is 13.2 Å². The average molecular weight is 312 g/mol. The zero-order valence-corrected chi connectivity index (χ0v) is 12.6. The number of sulfonamides is 1. The van der Waals surface area contributed by atoms with Crippen molar-refractivity contribution < 1.29 is 18.3 Å². The SMILES string of the molecule is Cc1c(C(C)NS(=O)(=O)c2c[nH]c(C(=O)O)c2)cnn1C. The molecule has 9 heteroatoms. The first-order chi connectivity index (χ1) is 9.72. The van der Waals surface area contributed by atoms with Gasteiger partial charge in [0.2, 0.25) is 10.0 Å². The number of aromatic nitrogens is 3. The summed E-state index contributed by atoms with van der Waals surface area (Å²) in [6.07, 6.45) is 2.75. The van der Waals surface area contributed by atoms with Crippen LogP contribution in [0.25, 0.3) is 0 Å². The van der Waals surface area contributed by atoms with Crippen LogP contribution in [0.3, 0.4) is 0 Å². The van der Waals surface area contributed by atoms with Crippen molar-refractivity contribution in [2.75, 3.05) is 0 Å². The fraction of sp³-hybridized carbons (Fsp3) is 0.333. The minimum absolute atomic E-state index is 0.117. The van der Waals surface area contributed by atoms with Crippen LogP contribution >= 0.6 is 0 Å². The van der Waals surface area contributed by atoms with Crippen molar-refractivity contribution in [3.8, 4) is 0 Å². The molecule has 0 aromatic carbocycles. The maximum absolute atomic E-state index is 12.2. The van der Waals surface area contributed by atoms with Crippen LogP contribution in [0.1, 0.15) is 34.7 Å². The lowest BCUT2D eigenvalue weighted by Crippen LogP contribution is -2.26. The monoisotopic (exact) mass is 312 g/mol. The first kappa shape index (κ1) is 15.3. The lowest BCUT2D eigenvalue weighted by Gasteiger charge is -2.13. The van der Waals surface area contributed by atoms with Crippen molar-refractivity contribution >= 4 is 16.0 Å². The van der Waals surface area contributed by atoms with Crippen molar-refractivity contribution in [1.29, 1.82) is 0 Å². The number of carboxylic acids is 1. The number of aromatic amines is 1. The van der Waals surface area contributed by atoms with Gasteiger partial charge < -0.3 is 10.1 Å². The molecule has 3 N–H and O–H groups in total. The highest BCUT2D eigenvalue weighted by Gasteiger charge is 2.22. The van der Waals surface area contributed by atoms with Crippen LogP contribution in [0.2, 0.25) is 0 Å². The number of aryl methyl sites for hydroxylation is 1. The lowest BCUT2D eigenvalue weighted by molar-refractivity contribution is 0.0691. The van der Waals surface area contributed by atoms with Gasteiger partial charge in [-0.25, -0.2) is 17.9 Å². The molecule has 0 amide bonds. The summed E-state index contributed by atoms with van der Waals surface area (Å²) in [6.45, 7) is 3.54. The number of aromatic carboxylic acids is 1. The highest BCUT2D eigenvalue weighted by atomic mass is 32.2. The molecule has 2 aromatic heterocycles. The van der Waals surface area contributed by atoms with E-state index in [2.05, 4.69) is 14.8 Å². The first-order valence-corrected chi connectivity index (χ1v) is 7.63. The zero-order chi connectivity index (χ0) is 15.8. The molecule has 8 nitrogen and oxygen atoms in total. The van der Waals surface area contributed by atoms with E-state index in [1.165, 1.54) is 0 Å². The van der Waals surface area contributed by atoms with Gasteiger partial charge >= 0.3 is 5.97 Å². The van der Waals surface area contributed by atoms with Crippen molar-refractivity contribution in [1.82, 2.24) is 19.5 Å². The van der Waals surface area contributed by atoms with Crippen LogP contribution < -0.4 is 4.72 Å². The van der Waals surface area contributed by atoms with E-state index in [0.717, 1.165) is 23.5 Å². The first-order valence-electron chi connectivity index (χ1n) is 6.15. The Morgan fingerprint density at radius 1 is 1.52 bits per heavy atom. The summed E-state index contributed by atoms with van der Waals surface area (Å²) in [5, 5.41) is 12.9. The van der Waals surface area contributed by atoms with Gasteiger partial charge in [0.1, 0.15) is 10.6 Å². The number of nitrogens with one attached hydrogen (secondary N) is 2. The second-order valence-corrected chi connectivity index (χ2v) is 6.42. The van der Waals surface area contributed by atoms with Gasteiger partial charge in [0, 0.05) is 30.5 Å². The van der Waals surface area contributed by atoms with E-state index in [-0.39, 0.29) is 10.6 Å². The van der Waals surface area contributed by atoms with E-state index < -0.39 is 22.0 Å². The van der Waals surface area contributed by atoms with Gasteiger partial charge in [-0.2, -0.15) is 5.10 Å². The molecule has 0 bridgehead atoms. The van der Waals surface area contributed by atoms with Gasteiger partial charge in [-0.15, -0.1) is 0 Å². The molecule has 0 aliphatic heterocycles. The van der Waals surface area contributed by atoms with E-state index in [1.807, 2.05) is 6.92 Å². The molecule has 0 radical (unpaired) electrons. The van der Waals surface area contributed by atoms with Gasteiger partial charge in [-0.3, -0.25) is 4.68 Å². The van der Waals surface area contributed by atoms with Crippen LogP contribution in [0.15, 0.2) is 23.4 Å². The number of rotatable bonds is 5. The maximum Gasteiger partial charge on any atom is 0.352 e. The third-order valence-corrected chi connectivity index (χ3v) is 4.79. The molecule has 0 aliphatic rings. The Morgan fingerprint density at radius 2 is 2.19 bits per heavy atom. The van der Waals surface area contributed by atoms with E-state index in [4.69, 9.17) is 5.11 Å². The molecule has 114 valence electrons. The van der Waals surface area contributed by atoms with Crippen LogP contribution in [0.4, 0.5) is 0 Å². The predicted octanol–water partition coefficient (Wildman–Crippen LogP) is 0.794. The standard InChI is InChI=1S/C12H16N4O4S/c1-7(10-6-14-16(3)8(10)2)15-21(19,20)9-4-11(12(17)18)13-5-9/h4-7,13,15H,1-3H3,(H,17,18). The number of hydrogen-bond donors (Lipinski definition) is 3. The summed E-state index contributed by atoms with van der Waals surface area (Å²) in [5.41, 5.74) is 1.43. The Morgan fingerprint density at radius 3 is 2.67 bits per heavy atom. The minimum atomic E-state index is -3.81. The third-order valence-electron chi connectivity index (χ3n) is 3.27. The number of carbonyl (C=O) groups is 1. The Labute approximate surface area is 121 Å². The molecule has 2 rings (SSSR count). The van der Waals surface area contributed by atoms with Crippen LogP contribution in [-0.4, -0.2) is 34.3 Å². The van der Waals surface area contributed by atoms with Crippen molar-refractivity contribution in [2.24, 2.45) is 7.05 Å². The normalized spacial score (nSPS) is 13.3. The molecule has 0 spiro atoms. The molecular weight excluding hydrogens is 296 g/mol. The molecule has 0 aliphatic carbocycles. The predicted molar refractivity (Wildman–Crippen MR) is 74.4 cm³/mol. The Balaban J connectivity index is 2.24. The van der Waals surface area contributed by atoms with Gasteiger partial charge in [0.05, 0.1) is 6.20 Å². The van der Waals surface area contributed by atoms with Crippen molar-refractivity contribution in [3.05, 3.63) is 35.4 Å². The Hall–Kier alpha value is -2.13. The number of H-pyrrole nitrogens is 1. The average Bonchev–Trinajstić information content (AvgIpc) is 2.98. The summed E-state index contributed by atoms with van der Waals surface area (Å²) < 4.78 is 28.6. The fourth-order valence-corrected chi connectivity index (χ4v) is 3.17. The third kappa shape index (κ3) is 2.98. The summed E-state index contributed by atoms with van der Waals surface area (Å²) in [7, 11) is -2.04. The van der Waals surface area contributed by atoms with Crippen molar-refractivity contribution in [2.45, 2.75) is 24.8 Å². The van der Waals surface area contributed by atoms with Gasteiger partial charge in [0.25, 0.3) is 0 Å². The zero-order valence-electron chi connectivity index (χ0n) is 11.8. The molecule has 0 fully saturated rings. The van der Waals surface area contributed by atoms with Gasteiger partial charge in [0.15, 0.2) is 0 Å². The van der Waals surface area contributed by atoms with E-state index in [0.29, 0.717) is 0 Å². The number of nitrogens with zero attached hydrogens (tertiary/aromatic N) is 2. The van der Waals surface area contributed by atoms with Crippen LogP contribution in [0.5, 0.6) is 0 Å². The second kappa shape index (κ2) is 5.34. The Kier molecular flexibility index (Phi) is 3.88.